The Hall–Kier alpha value is -2.19. The van der Waals surface area contributed by atoms with Crippen LogP contribution in [0, 0.1) is 5.92 Å². The van der Waals surface area contributed by atoms with Crippen LogP contribution >= 0.6 is 0 Å². The van der Waals surface area contributed by atoms with Gasteiger partial charge in [0.2, 0.25) is 10.0 Å². The number of fused-ring (bicyclic) bond motifs is 1. The minimum Gasteiger partial charge on any atom is -0.395 e. The van der Waals surface area contributed by atoms with Crippen LogP contribution in [0.25, 0.3) is 22.0 Å². The molecule has 7 heteroatoms. The van der Waals surface area contributed by atoms with E-state index in [2.05, 4.69) is 22.0 Å². The van der Waals surface area contributed by atoms with Crippen LogP contribution in [-0.4, -0.2) is 60.5 Å². The monoisotopic (exact) mass is 455 g/mol. The van der Waals surface area contributed by atoms with Crippen LogP contribution in [-0.2, 0) is 16.6 Å². The highest BCUT2D eigenvalue weighted by atomic mass is 32.2. The number of aliphatic hydroxyl groups is 1. The van der Waals surface area contributed by atoms with Gasteiger partial charge in [-0.3, -0.25) is 4.90 Å². The highest BCUT2D eigenvalue weighted by molar-refractivity contribution is 7.89. The van der Waals surface area contributed by atoms with Crippen molar-refractivity contribution in [2.24, 2.45) is 5.92 Å². The Morgan fingerprint density at radius 3 is 2.69 bits per heavy atom. The molecule has 1 aromatic heterocycles. The van der Waals surface area contributed by atoms with Gasteiger partial charge in [0.15, 0.2) is 0 Å². The highest BCUT2D eigenvalue weighted by Gasteiger charge is 2.24. The van der Waals surface area contributed by atoms with Crippen LogP contribution in [0.3, 0.4) is 0 Å². The molecule has 32 heavy (non-hydrogen) atoms. The number of H-pyrrole nitrogens is 1. The van der Waals surface area contributed by atoms with Crippen LogP contribution in [0.5, 0.6) is 0 Å². The molecule has 1 aliphatic heterocycles. The second-order valence-electron chi connectivity index (χ2n) is 9.25. The Kier molecular flexibility index (Phi) is 6.72. The van der Waals surface area contributed by atoms with Crippen LogP contribution in [0.15, 0.2) is 53.4 Å². The summed E-state index contributed by atoms with van der Waals surface area (Å²) in [5.41, 5.74) is 4.06. The molecule has 1 fully saturated rings. The van der Waals surface area contributed by atoms with E-state index in [1.807, 2.05) is 32.0 Å². The molecule has 3 aromatic rings. The smallest absolute Gasteiger partial charge is 0.242 e. The molecule has 0 amide bonds. The quantitative estimate of drug-likeness (QED) is 0.537. The summed E-state index contributed by atoms with van der Waals surface area (Å²) in [7, 11) is -1.89. The lowest BCUT2D eigenvalue weighted by atomic mass is 10.0. The molecule has 1 aliphatic rings. The molecular formula is C25H33N3O3S. The number of sulfonamides is 1. The molecular weight excluding hydrogens is 422 g/mol. The van der Waals surface area contributed by atoms with Crippen LogP contribution < -0.4 is 0 Å². The lowest BCUT2D eigenvalue weighted by molar-refractivity contribution is 0.152. The third-order valence-electron chi connectivity index (χ3n) is 6.26. The van der Waals surface area contributed by atoms with E-state index in [0.29, 0.717) is 11.4 Å². The Balaban J connectivity index is 1.59. The number of aliphatic hydroxyl groups excluding tert-OH is 1. The Morgan fingerprint density at radius 2 is 1.94 bits per heavy atom. The number of hydrogen-bond donors (Lipinski definition) is 2. The molecule has 6 nitrogen and oxygen atoms in total. The van der Waals surface area contributed by atoms with Crippen LogP contribution in [0.2, 0.25) is 0 Å². The summed E-state index contributed by atoms with van der Waals surface area (Å²) >= 11 is 0. The standard InChI is InChI=1S/C25H33N3O3S/c1-18(2)15-27(3)32(30,31)24-8-4-6-19(14-24)20-9-10-25-21(12-20)13-22(26-25)16-28-11-5-7-23(28)17-29/h4,6,8-10,12-14,18,23,26,29H,5,7,11,15-17H2,1-3H3/t23-/m1/s1. The van der Waals surface area contributed by atoms with Gasteiger partial charge < -0.3 is 10.1 Å². The maximum Gasteiger partial charge on any atom is 0.242 e. The first-order valence-corrected chi connectivity index (χ1v) is 12.8. The number of hydrogen-bond acceptors (Lipinski definition) is 4. The number of aromatic nitrogens is 1. The topological polar surface area (TPSA) is 76.6 Å². The van der Waals surface area contributed by atoms with Crippen molar-refractivity contribution in [2.75, 3.05) is 26.7 Å². The maximum absolute atomic E-state index is 13.0. The molecule has 0 bridgehead atoms. The molecule has 0 radical (unpaired) electrons. The summed E-state index contributed by atoms with van der Waals surface area (Å²) in [6.45, 7) is 6.52. The van der Waals surface area contributed by atoms with Gasteiger partial charge in [0.1, 0.15) is 0 Å². The van der Waals surface area contributed by atoms with Crippen LogP contribution in [0.1, 0.15) is 32.4 Å². The van der Waals surface area contributed by atoms with Gasteiger partial charge in [0, 0.05) is 42.8 Å². The second kappa shape index (κ2) is 9.35. The molecule has 2 N–H and O–H groups in total. The zero-order valence-electron chi connectivity index (χ0n) is 19.1. The number of aromatic amines is 1. The molecule has 0 aliphatic carbocycles. The third kappa shape index (κ3) is 4.76. The van der Waals surface area contributed by atoms with E-state index >= 15 is 0 Å². The largest absolute Gasteiger partial charge is 0.395 e. The van der Waals surface area contributed by atoms with E-state index in [1.54, 1.807) is 25.2 Å². The lowest BCUT2D eigenvalue weighted by Gasteiger charge is -2.21. The van der Waals surface area contributed by atoms with Gasteiger partial charge in [-0.25, -0.2) is 12.7 Å². The molecule has 0 unspecified atom stereocenters. The van der Waals surface area contributed by atoms with Gasteiger partial charge in [-0.1, -0.05) is 32.0 Å². The van der Waals surface area contributed by atoms with Crippen molar-refractivity contribution in [1.82, 2.24) is 14.2 Å². The molecule has 172 valence electrons. The average molecular weight is 456 g/mol. The van der Waals surface area contributed by atoms with Crippen molar-refractivity contribution in [2.45, 2.75) is 44.2 Å². The van der Waals surface area contributed by atoms with Gasteiger partial charge in [-0.15, -0.1) is 0 Å². The first-order valence-electron chi connectivity index (χ1n) is 11.3. The SMILES string of the molecule is CC(C)CN(C)S(=O)(=O)c1cccc(-c2ccc3[nH]c(CN4CCC[C@@H]4CO)cc3c2)c1. The number of benzene rings is 2. The zero-order valence-corrected chi connectivity index (χ0v) is 19.9. The van der Waals surface area contributed by atoms with Gasteiger partial charge in [-0.2, -0.15) is 0 Å². The normalized spacial score (nSPS) is 17.8. The van der Waals surface area contributed by atoms with Crippen molar-refractivity contribution in [3.8, 4) is 11.1 Å². The fourth-order valence-corrected chi connectivity index (χ4v) is 6.00. The van der Waals surface area contributed by atoms with Crippen molar-refractivity contribution in [3.63, 3.8) is 0 Å². The van der Waals surface area contributed by atoms with Gasteiger partial charge in [-0.05, 0) is 66.8 Å². The van der Waals surface area contributed by atoms with E-state index in [9.17, 15) is 13.5 Å². The summed E-state index contributed by atoms with van der Waals surface area (Å²) in [4.78, 5) is 6.13. The minimum absolute atomic E-state index is 0.204. The first kappa shape index (κ1) is 23.0. The molecule has 2 aromatic carbocycles. The second-order valence-corrected chi connectivity index (χ2v) is 11.3. The number of nitrogens with zero attached hydrogens (tertiary/aromatic N) is 2. The Bertz CT molecular complexity index is 1190. The highest BCUT2D eigenvalue weighted by Crippen LogP contribution is 2.28. The first-order chi connectivity index (χ1) is 15.3. The van der Waals surface area contributed by atoms with Crippen molar-refractivity contribution in [1.29, 1.82) is 0 Å². The summed E-state index contributed by atoms with van der Waals surface area (Å²) in [5.74, 6) is 0.261. The van der Waals surface area contributed by atoms with E-state index in [-0.39, 0.29) is 18.6 Å². The van der Waals surface area contributed by atoms with Crippen molar-refractivity contribution < 1.29 is 13.5 Å². The average Bonchev–Trinajstić information content (AvgIpc) is 3.38. The summed E-state index contributed by atoms with van der Waals surface area (Å²) in [6, 6.07) is 15.8. The molecule has 1 saturated heterocycles. The fraction of sp³-hybridized carbons (Fsp3) is 0.440. The molecule has 0 saturated carbocycles. The van der Waals surface area contributed by atoms with Crippen molar-refractivity contribution >= 4 is 20.9 Å². The number of rotatable bonds is 8. The summed E-state index contributed by atoms with van der Waals surface area (Å²) in [5, 5.41) is 10.7. The van der Waals surface area contributed by atoms with E-state index < -0.39 is 10.0 Å². The fourth-order valence-electron chi connectivity index (χ4n) is 4.61. The Labute approximate surface area is 190 Å². The van der Waals surface area contributed by atoms with Crippen molar-refractivity contribution in [3.05, 3.63) is 54.2 Å². The lowest BCUT2D eigenvalue weighted by Crippen LogP contribution is -2.31. The molecule has 0 spiro atoms. The summed E-state index contributed by atoms with van der Waals surface area (Å²) < 4.78 is 27.4. The van der Waals surface area contributed by atoms with Gasteiger partial charge in [0.05, 0.1) is 11.5 Å². The number of nitrogens with one attached hydrogen (secondary N) is 1. The van der Waals surface area contributed by atoms with Gasteiger partial charge in [0.25, 0.3) is 0 Å². The van der Waals surface area contributed by atoms with E-state index in [1.165, 1.54) is 4.31 Å². The third-order valence-corrected chi connectivity index (χ3v) is 8.08. The maximum atomic E-state index is 13.0. The summed E-state index contributed by atoms with van der Waals surface area (Å²) in [6.07, 6.45) is 2.17. The van der Waals surface area contributed by atoms with Crippen LogP contribution in [0.4, 0.5) is 0 Å². The predicted molar refractivity (Wildman–Crippen MR) is 129 cm³/mol. The number of likely N-dealkylation sites (tertiary alicyclic amines) is 1. The van der Waals surface area contributed by atoms with Gasteiger partial charge >= 0.3 is 0 Å². The molecule has 2 heterocycles. The predicted octanol–water partition coefficient (Wildman–Crippen LogP) is 4.07. The van der Waals surface area contributed by atoms with E-state index in [0.717, 1.165) is 53.7 Å². The zero-order chi connectivity index (χ0) is 22.9. The molecule has 1 atom stereocenters. The minimum atomic E-state index is -3.52. The Morgan fingerprint density at radius 1 is 1.16 bits per heavy atom. The van der Waals surface area contributed by atoms with E-state index in [4.69, 9.17) is 0 Å². The molecule has 4 rings (SSSR count).